The van der Waals surface area contributed by atoms with Crippen molar-refractivity contribution in [3.8, 4) is 16.9 Å². The molecule has 2 rings (SSSR count). The molecular weight excluding hydrogens is 292 g/mol. The first-order chi connectivity index (χ1) is 9.81. The summed E-state index contributed by atoms with van der Waals surface area (Å²) >= 11 is 10.3. The van der Waals surface area contributed by atoms with Crippen molar-refractivity contribution in [1.29, 1.82) is 0 Å². The molecule has 106 valence electrons. The molecule has 0 saturated carbocycles. The van der Waals surface area contributed by atoms with Crippen LogP contribution in [-0.4, -0.2) is 25.6 Å². The van der Waals surface area contributed by atoms with E-state index in [2.05, 4.69) is 24.8 Å². The van der Waals surface area contributed by atoms with E-state index < -0.39 is 0 Å². The van der Waals surface area contributed by atoms with Gasteiger partial charge >= 0.3 is 0 Å². The van der Waals surface area contributed by atoms with Crippen molar-refractivity contribution in [2.75, 3.05) is 25.6 Å². The van der Waals surface area contributed by atoms with Crippen LogP contribution >= 0.6 is 24.2 Å². The van der Waals surface area contributed by atoms with Crippen LogP contribution in [0.4, 0.5) is 0 Å². The van der Waals surface area contributed by atoms with Gasteiger partial charge in [0.15, 0.2) is 0 Å². The lowest BCUT2D eigenvalue weighted by Gasteiger charge is -2.10. The van der Waals surface area contributed by atoms with Crippen LogP contribution in [0, 0.1) is 0 Å². The molecular formula is C16H17ClO2S. The molecule has 0 radical (unpaired) electrons. The number of thiol groups is 1. The number of hydrogen-bond donors (Lipinski definition) is 1. The number of benzene rings is 2. The summed E-state index contributed by atoms with van der Waals surface area (Å²) in [6.45, 7) is 1.66. The molecule has 4 heteroatoms. The molecule has 0 aliphatic rings. The maximum absolute atomic E-state index is 6.24. The van der Waals surface area contributed by atoms with Crippen LogP contribution in [0.1, 0.15) is 0 Å². The molecule has 0 bridgehead atoms. The molecule has 2 aromatic carbocycles. The van der Waals surface area contributed by atoms with Gasteiger partial charge in [0.25, 0.3) is 0 Å². The molecule has 20 heavy (non-hydrogen) atoms. The van der Waals surface area contributed by atoms with Gasteiger partial charge in [-0.15, -0.1) is 0 Å². The minimum Gasteiger partial charge on any atom is -0.490 e. The Bertz CT molecular complexity index is 531. The van der Waals surface area contributed by atoms with Crippen LogP contribution in [0.5, 0.6) is 5.75 Å². The average Bonchev–Trinajstić information content (AvgIpc) is 2.49. The Hall–Kier alpha value is -1.16. The highest BCUT2D eigenvalue weighted by molar-refractivity contribution is 7.80. The maximum Gasteiger partial charge on any atom is 0.138 e. The Morgan fingerprint density at radius 3 is 2.40 bits per heavy atom. The summed E-state index contributed by atoms with van der Waals surface area (Å²) < 4.78 is 10.9. The largest absolute Gasteiger partial charge is 0.490 e. The van der Waals surface area contributed by atoms with E-state index in [1.165, 1.54) is 0 Å². The van der Waals surface area contributed by atoms with E-state index in [1.54, 1.807) is 0 Å². The van der Waals surface area contributed by atoms with Crippen LogP contribution in [0.15, 0.2) is 48.5 Å². The second kappa shape index (κ2) is 8.20. The predicted octanol–water partition coefficient (Wildman–Crippen LogP) is 4.33. The minimum atomic E-state index is 0.484. The third-order valence-corrected chi connectivity index (χ3v) is 3.24. The second-order valence-electron chi connectivity index (χ2n) is 4.20. The zero-order valence-corrected chi connectivity index (χ0v) is 12.7. The Balaban J connectivity index is 1.96. The van der Waals surface area contributed by atoms with Gasteiger partial charge in [-0.3, -0.25) is 0 Å². The van der Waals surface area contributed by atoms with E-state index >= 15 is 0 Å². The van der Waals surface area contributed by atoms with E-state index in [0.29, 0.717) is 36.3 Å². The van der Waals surface area contributed by atoms with Gasteiger partial charge in [-0.1, -0.05) is 48.0 Å². The van der Waals surface area contributed by atoms with Crippen LogP contribution in [0.3, 0.4) is 0 Å². The van der Waals surface area contributed by atoms with Gasteiger partial charge in [0.2, 0.25) is 0 Å². The lowest BCUT2D eigenvalue weighted by Crippen LogP contribution is -2.08. The summed E-state index contributed by atoms with van der Waals surface area (Å²) in [6.07, 6.45) is 0. The van der Waals surface area contributed by atoms with Crippen LogP contribution < -0.4 is 4.74 Å². The highest BCUT2D eigenvalue weighted by atomic mass is 35.5. The Labute approximate surface area is 130 Å². The molecule has 2 nitrogen and oxygen atoms in total. The van der Waals surface area contributed by atoms with E-state index in [9.17, 15) is 0 Å². The Morgan fingerprint density at radius 1 is 0.900 bits per heavy atom. The summed E-state index contributed by atoms with van der Waals surface area (Å²) in [5.74, 6) is 1.40. The summed E-state index contributed by atoms with van der Waals surface area (Å²) in [7, 11) is 0. The average molecular weight is 309 g/mol. The van der Waals surface area contributed by atoms with E-state index in [-0.39, 0.29) is 0 Å². The molecule has 0 heterocycles. The summed E-state index contributed by atoms with van der Waals surface area (Å²) in [4.78, 5) is 0. The van der Waals surface area contributed by atoms with Gasteiger partial charge in [0.1, 0.15) is 12.4 Å². The molecule has 0 atom stereocenters. The fraction of sp³-hybridized carbons (Fsp3) is 0.250. The highest BCUT2D eigenvalue weighted by Gasteiger charge is 2.04. The molecule has 0 unspecified atom stereocenters. The molecule has 0 amide bonds. The first kappa shape index (κ1) is 15.2. The maximum atomic E-state index is 6.24. The van der Waals surface area contributed by atoms with Crippen molar-refractivity contribution in [3.05, 3.63) is 53.6 Å². The first-order valence-electron chi connectivity index (χ1n) is 6.47. The standard InChI is InChI=1S/C16H17ClO2S/c17-15-12-14(13-4-2-1-3-5-13)6-7-16(15)19-9-8-18-10-11-20/h1-7,12,20H,8-11H2. The lowest BCUT2D eigenvalue weighted by molar-refractivity contribution is 0.112. The summed E-state index contributed by atoms with van der Waals surface area (Å²) in [6, 6.07) is 15.9. The van der Waals surface area contributed by atoms with Crippen LogP contribution in [0.2, 0.25) is 5.02 Å². The summed E-state index contributed by atoms with van der Waals surface area (Å²) in [5.41, 5.74) is 2.22. The number of ether oxygens (including phenoxy) is 2. The van der Waals surface area contributed by atoms with Crippen molar-refractivity contribution in [1.82, 2.24) is 0 Å². The van der Waals surface area contributed by atoms with E-state index in [4.69, 9.17) is 21.1 Å². The molecule has 0 spiro atoms. The molecule has 0 saturated heterocycles. The molecule has 0 aliphatic heterocycles. The second-order valence-corrected chi connectivity index (χ2v) is 5.05. The number of halogens is 1. The van der Waals surface area contributed by atoms with Crippen LogP contribution in [-0.2, 0) is 4.74 Å². The minimum absolute atomic E-state index is 0.484. The predicted molar refractivity (Wildman–Crippen MR) is 87.1 cm³/mol. The molecule has 2 aromatic rings. The molecule has 0 aliphatic carbocycles. The lowest BCUT2D eigenvalue weighted by atomic mass is 10.1. The van der Waals surface area contributed by atoms with E-state index in [1.807, 2.05) is 36.4 Å². The zero-order chi connectivity index (χ0) is 14.2. The van der Waals surface area contributed by atoms with Gasteiger partial charge in [-0.05, 0) is 23.3 Å². The SMILES string of the molecule is SCCOCCOc1ccc(-c2ccccc2)cc1Cl. The monoisotopic (exact) mass is 308 g/mol. The molecule has 0 fully saturated rings. The normalized spacial score (nSPS) is 10.5. The summed E-state index contributed by atoms with van der Waals surface area (Å²) in [5, 5.41) is 0.612. The van der Waals surface area contributed by atoms with Gasteiger partial charge in [0.05, 0.1) is 18.2 Å². The van der Waals surface area contributed by atoms with Crippen molar-refractivity contribution < 1.29 is 9.47 Å². The quantitative estimate of drug-likeness (QED) is 0.606. The van der Waals surface area contributed by atoms with Crippen molar-refractivity contribution in [3.63, 3.8) is 0 Å². The van der Waals surface area contributed by atoms with Gasteiger partial charge in [-0.2, -0.15) is 12.6 Å². The smallest absolute Gasteiger partial charge is 0.138 e. The topological polar surface area (TPSA) is 18.5 Å². The molecule has 0 N–H and O–H groups in total. The fourth-order valence-electron chi connectivity index (χ4n) is 1.81. The molecule has 0 aromatic heterocycles. The fourth-order valence-corrected chi connectivity index (χ4v) is 2.17. The van der Waals surface area contributed by atoms with Crippen molar-refractivity contribution in [2.24, 2.45) is 0 Å². The number of rotatable bonds is 7. The highest BCUT2D eigenvalue weighted by Crippen LogP contribution is 2.30. The Morgan fingerprint density at radius 2 is 1.70 bits per heavy atom. The zero-order valence-electron chi connectivity index (χ0n) is 11.1. The van der Waals surface area contributed by atoms with Gasteiger partial charge in [-0.25, -0.2) is 0 Å². The van der Waals surface area contributed by atoms with Crippen molar-refractivity contribution >= 4 is 24.2 Å². The van der Waals surface area contributed by atoms with Gasteiger partial charge < -0.3 is 9.47 Å². The third kappa shape index (κ3) is 4.44. The first-order valence-corrected chi connectivity index (χ1v) is 7.48. The number of hydrogen-bond acceptors (Lipinski definition) is 3. The van der Waals surface area contributed by atoms with Crippen LogP contribution in [0.25, 0.3) is 11.1 Å². The van der Waals surface area contributed by atoms with E-state index in [0.717, 1.165) is 11.1 Å². The van der Waals surface area contributed by atoms with Gasteiger partial charge in [0, 0.05) is 5.75 Å². The Kier molecular flexibility index (Phi) is 6.25. The third-order valence-electron chi connectivity index (χ3n) is 2.76. The van der Waals surface area contributed by atoms with Crippen molar-refractivity contribution in [2.45, 2.75) is 0 Å².